The zero-order chi connectivity index (χ0) is 23.1. The SMILES string of the molecule is Cc1ccc(C[C@]2(CCC(=O)NC[C@@H](c3cccnc3)N3CCOCC3)CCC(=O)N2)cc1. The summed E-state index contributed by atoms with van der Waals surface area (Å²) in [6.45, 7) is 5.67. The molecule has 1 aromatic carbocycles. The molecule has 7 heteroatoms. The first-order chi connectivity index (χ1) is 16.0. The van der Waals surface area contributed by atoms with Crippen LogP contribution in [0.4, 0.5) is 0 Å². The van der Waals surface area contributed by atoms with Crippen molar-refractivity contribution >= 4 is 11.8 Å². The van der Waals surface area contributed by atoms with Crippen LogP contribution in [0.2, 0.25) is 0 Å². The molecule has 3 heterocycles. The fourth-order valence-corrected chi connectivity index (χ4v) is 4.85. The molecule has 0 bridgehead atoms. The maximum absolute atomic E-state index is 12.9. The second-order valence-corrected chi connectivity index (χ2v) is 9.25. The number of carbonyl (C=O) groups is 2. The van der Waals surface area contributed by atoms with E-state index in [1.165, 1.54) is 11.1 Å². The van der Waals surface area contributed by atoms with E-state index in [1.807, 2.05) is 12.3 Å². The number of benzene rings is 1. The highest BCUT2D eigenvalue weighted by Gasteiger charge is 2.38. The van der Waals surface area contributed by atoms with Crippen LogP contribution in [-0.2, 0) is 20.7 Å². The minimum atomic E-state index is -0.351. The largest absolute Gasteiger partial charge is 0.379 e. The second-order valence-electron chi connectivity index (χ2n) is 9.25. The summed E-state index contributed by atoms with van der Waals surface area (Å²) >= 11 is 0. The summed E-state index contributed by atoms with van der Waals surface area (Å²) in [6, 6.07) is 12.5. The zero-order valence-corrected chi connectivity index (χ0v) is 19.4. The Bertz CT molecular complexity index is 928. The van der Waals surface area contributed by atoms with E-state index in [0.717, 1.165) is 31.5 Å². The van der Waals surface area contributed by atoms with Gasteiger partial charge in [0.1, 0.15) is 0 Å². The molecule has 0 saturated carbocycles. The second kappa shape index (κ2) is 10.9. The van der Waals surface area contributed by atoms with Gasteiger partial charge in [0.2, 0.25) is 11.8 Å². The highest BCUT2D eigenvalue weighted by atomic mass is 16.5. The van der Waals surface area contributed by atoms with Crippen LogP contribution in [0.15, 0.2) is 48.8 Å². The van der Waals surface area contributed by atoms with Gasteiger partial charge in [-0.15, -0.1) is 0 Å². The Balaban J connectivity index is 1.36. The molecule has 0 radical (unpaired) electrons. The molecule has 2 aliphatic heterocycles. The van der Waals surface area contributed by atoms with E-state index in [0.29, 0.717) is 39.0 Å². The third-order valence-electron chi connectivity index (χ3n) is 6.78. The number of carbonyl (C=O) groups excluding carboxylic acids is 2. The van der Waals surface area contributed by atoms with Crippen LogP contribution in [0.25, 0.3) is 0 Å². The molecule has 7 nitrogen and oxygen atoms in total. The highest BCUT2D eigenvalue weighted by Crippen LogP contribution is 2.30. The molecule has 0 unspecified atom stereocenters. The fraction of sp³-hybridized carbons (Fsp3) is 0.500. The summed E-state index contributed by atoms with van der Waals surface area (Å²) in [4.78, 5) is 31.5. The lowest BCUT2D eigenvalue weighted by Gasteiger charge is -2.35. The number of rotatable bonds is 9. The van der Waals surface area contributed by atoms with Crippen molar-refractivity contribution in [2.45, 2.75) is 50.6 Å². The Kier molecular flexibility index (Phi) is 7.73. The average Bonchev–Trinajstić information content (AvgIpc) is 3.21. The summed E-state index contributed by atoms with van der Waals surface area (Å²) in [5, 5.41) is 6.32. The van der Waals surface area contributed by atoms with Gasteiger partial charge in [0.05, 0.1) is 19.3 Å². The van der Waals surface area contributed by atoms with Crippen LogP contribution in [0, 0.1) is 6.92 Å². The minimum Gasteiger partial charge on any atom is -0.379 e. The van der Waals surface area contributed by atoms with E-state index >= 15 is 0 Å². The normalized spacial score (nSPS) is 22.0. The fourth-order valence-electron chi connectivity index (χ4n) is 4.85. The van der Waals surface area contributed by atoms with Crippen molar-refractivity contribution in [1.29, 1.82) is 0 Å². The molecule has 2 fully saturated rings. The van der Waals surface area contributed by atoms with Gasteiger partial charge in [-0.2, -0.15) is 0 Å². The van der Waals surface area contributed by atoms with E-state index in [4.69, 9.17) is 4.74 Å². The zero-order valence-electron chi connectivity index (χ0n) is 19.4. The number of morpholine rings is 1. The number of nitrogens with zero attached hydrogens (tertiary/aromatic N) is 2. The summed E-state index contributed by atoms with van der Waals surface area (Å²) in [5.41, 5.74) is 3.15. The lowest BCUT2D eigenvalue weighted by Crippen LogP contribution is -2.46. The van der Waals surface area contributed by atoms with Crippen LogP contribution >= 0.6 is 0 Å². The smallest absolute Gasteiger partial charge is 0.220 e. The molecular weight excluding hydrogens is 416 g/mol. The Morgan fingerprint density at radius 3 is 2.70 bits per heavy atom. The van der Waals surface area contributed by atoms with Crippen molar-refractivity contribution in [3.63, 3.8) is 0 Å². The minimum absolute atomic E-state index is 0.0154. The number of hydrogen-bond acceptors (Lipinski definition) is 5. The predicted octanol–water partition coefficient (Wildman–Crippen LogP) is 2.55. The van der Waals surface area contributed by atoms with E-state index < -0.39 is 0 Å². The van der Waals surface area contributed by atoms with Crippen molar-refractivity contribution in [2.75, 3.05) is 32.8 Å². The molecule has 2 aromatic rings. The van der Waals surface area contributed by atoms with Gasteiger partial charge in [-0.1, -0.05) is 35.9 Å². The Hall–Kier alpha value is -2.77. The third-order valence-corrected chi connectivity index (χ3v) is 6.78. The molecule has 0 aliphatic carbocycles. The lowest BCUT2D eigenvalue weighted by molar-refractivity contribution is -0.123. The molecule has 176 valence electrons. The third kappa shape index (κ3) is 6.39. The summed E-state index contributed by atoms with van der Waals surface area (Å²) in [7, 11) is 0. The van der Waals surface area contributed by atoms with E-state index in [2.05, 4.69) is 57.8 Å². The van der Waals surface area contributed by atoms with Gasteiger partial charge in [0.15, 0.2) is 0 Å². The maximum atomic E-state index is 12.9. The van der Waals surface area contributed by atoms with Gasteiger partial charge in [-0.25, -0.2) is 0 Å². The number of pyridine rings is 1. The van der Waals surface area contributed by atoms with Gasteiger partial charge in [0.25, 0.3) is 0 Å². The van der Waals surface area contributed by atoms with E-state index in [-0.39, 0.29) is 23.4 Å². The van der Waals surface area contributed by atoms with Gasteiger partial charge in [-0.05, 0) is 43.4 Å². The standard InChI is InChI=1S/C26H34N4O3/c1-20-4-6-21(7-5-20)17-26(11-9-25(32)29-26)10-8-24(31)28-19-23(22-3-2-12-27-18-22)30-13-15-33-16-14-30/h2-7,12,18,23H,8-11,13-17,19H2,1H3,(H,28,31)(H,29,32)/t23-,26-/m0/s1. The Morgan fingerprint density at radius 1 is 1.24 bits per heavy atom. The van der Waals surface area contributed by atoms with Crippen molar-refractivity contribution in [2.24, 2.45) is 0 Å². The number of nitrogens with one attached hydrogen (secondary N) is 2. The predicted molar refractivity (Wildman–Crippen MR) is 127 cm³/mol. The highest BCUT2D eigenvalue weighted by molar-refractivity contribution is 5.80. The molecular formula is C26H34N4O3. The Labute approximate surface area is 195 Å². The van der Waals surface area contributed by atoms with Gasteiger partial charge >= 0.3 is 0 Å². The van der Waals surface area contributed by atoms with Gasteiger partial charge in [-0.3, -0.25) is 19.5 Å². The molecule has 1 aromatic heterocycles. The van der Waals surface area contributed by atoms with Crippen molar-refractivity contribution < 1.29 is 14.3 Å². The quantitative estimate of drug-likeness (QED) is 0.614. The summed E-state index contributed by atoms with van der Waals surface area (Å²) in [6.07, 6.45) is 6.69. The van der Waals surface area contributed by atoms with Crippen LogP contribution in [0.5, 0.6) is 0 Å². The van der Waals surface area contributed by atoms with Crippen LogP contribution in [0.1, 0.15) is 48.4 Å². The van der Waals surface area contributed by atoms with Crippen molar-refractivity contribution in [3.05, 3.63) is 65.5 Å². The molecule has 2 amide bonds. The molecule has 2 saturated heterocycles. The molecule has 2 N–H and O–H groups in total. The van der Waals surface area contributed by atoms with E-state index in [1.54, 1.807) is 6.20 Å². The van der Waals surface area contributed by atoms with E-state index in [9.17, 15) is 9.59 Å². The number of amides is 2. The van der Waals surface area contributed by atoms with Crippen molar-refractivity contribution in [1.82, 2.24) is 20.5 Å². The van der Waals surface area contributed by atoms with Crippen LogP contribution in [-0.4, -0.2) is 60.1 Å². The Morgan fingerprint density at radius 2 is 2.03 bits per heavy atom. The van der Waals surface area contributed by atoms with Gasteiger partial charge < -0.3 is 15.4 Å². The first-order valence-electron chi connectivity index (χ1n) is 11.9. The lowest BCUT2D eigenvalue weighted by atomic mass is 9.84. The molecule has 33 heavy (non-hydrogen) atoms. The van der Waals surface area contributed by atoms with Crippen LogP contribution < -0.4 is 10.6 Å². The number of aryl methyl sites for hydroxylation is 1. The molecule has 2 aliphatic rings. The monoisotopic (exact) mass is 450 g/mol. The first kappa shape index (κ1) is 23.4. The van der Waals surface area contributed by atoms with Crippen molar-refractivity contribution in [3.8, 4) is 0 Å². The van der Waals surface area contributed by atoms with Gasteiger partial charge in [0, 0.05) is 50.4 Å². The maximum Gasteiger partial charge on any atom is 0.220 e. The number of ether oxygens (including phenoxy) is 1. The van der Waals surface area contributed by atoms with Crippen LogP contribution in [0.3, 0.4) is 0 Å². The topological polar surface area (TPSA) is 83.6 Å². The molecule has 2 atom stereocenters. The number of aromatic nitrogens is 1. The first-order valence-corrected chi connectivity index (χ1v) is 11.9. The summed E-state index contributed by atoms with van der Waals surface area (Å²) < 4.78 is 5.50. The molecule has 0 spiro atoms. The summed E-state index contributed by atoms with van der Waals surface area (Å²) in [5.74, 6) is 0.0908. The average molecular weight is 451 g/mol. The number of hydrogen-bond donors (Lipinski definition) is 2. The molecule has 4 rings (SSSR count).